The Kier molecular flexibility index (Phi) is 4.36. The van der Waals surface area contributed by atoms with E-state index in [4.69, 9.17) is 4.98 Å². The summed E-state index contributed by atoms with van der Waals surface area (Å²) < 4.78 is 0. The van der Waals surface area contributed by atoms with Crippen LogP contribution in [0.15, 0.2) is 134 Å². The maximum Gasteiger partial charge on any atom is 0.0886 e. The molecule has 0 N–H and O–H groups in total. The summed E-state index contributed by atoms with van der Waals surface area (Å²) in [4.78, 5) is 9.26. The first-order chi connectivity index (χ1) is 19.8. The van der Waals surface area contributed by atoms with Gasteiger partial charge < -0.3 is 0 Å². The van der Waals surface area contributed by atoms with Crippen molar-refractivity contribution in [2.24, 2.45) is 0 Å². The average molecular weight is 507 g/mol. The number of fused-ring (bicyclic) bond motifs is 2. The highest BCUT2D eigenvalue weighted by Crippen LogP contribution is 2.44. The monoisotopic (exact) mass is 506 g/mol. The van der Waals surface area contributed by atoms with E-state index in [0.717, 1.165) is 22.5 Å². The Labute approximate surface area is 230 Å². The van der Waals surface area contributed by atoms with Crippen LogP contribution < -0.4 is 0 Å². The number of pyridine rings is 2. The molecule has 0 spiro atoms. The van der Waals surface area contributed by atoms with Crippen molar-refractivity contribution >= 4 is 64.6 Å². The Morgan fingerprint density at radius 1 is 0.350 bits per heavy atom. The van der Waals surface area contributed by atoms with Crippen LogP contribution in [0.5, 0.6) is 0 Å². The highest BCUT2D eigenvalue weighted by Gasteiger charge is 2.16. The molecule has 0 aliphatic carbocycles. The van der Waals surface area contributed by atoms with Gasteiger partial charge in [-0.3, -0.25) is 9.97 Å². The summed E-state index contributed by atoms with van der Waals surface area (Å²) in [5.41, 5.74) is 4.02. The predicted octanol–water partition coefficient (Wildman–Crippen LogP) is 10.2. The number of aromatic nitrogens is 2. The minimum atomic E-state index is 0.878. The minimum Gasteiger partial charge on any atom is -0.255 e. The molecule has 2 nitrogen and oxygen atoms in total. The molecule has 0 saturated carbocycles. The molecule has 0 bridgehead atoms. The standard InChI is InChI=1S/C38H22N2/c1-2-19-39-33(12-1)34-18-17-27(22-40-34)28-20-26-16-15-25-7-4-10-30-29-9-3-6-23-13-14-24-8-5-11-31(37(24)35(23)29)32(21-28)38(26)36(25)30/h1-22H. The van der Waals surface area contributed by atoms with Gasteiger partial charge in [-0.15, -0.1) is 0 Å². The second-order valence-corrected chi connectivity index (χ2v) is 10.6. The molecule has 0 saturated heterocycles. The van der Waals surface area contributed by atoms with E-state index in [9.17, 15) is 0 Å². The van der Waals surface area contributed by atoms with Gasteiger partial charge in [0.1, 0.15) is 0 Å². The van der Waals surface area contributed by atoms with E-state index in [1.807, 2.05) is 30.6 Å². The fourth-order valence-corrected chi connectivity index (χ4v) is 6.68. The van der Waals surface area contributed by atoms with E-state index in [2.05, 4.69) is 108 Å². The van der Waals surface area contributed by atoms with E-state index in [-0.39, 0.29) is 0 Å². The highest BCUT2D eigenvalue weighted by atomic mass is 14.8. The van der Waals surface area contributed by atoms with E-state index >= 15 is 0 Å². The summed E-state index contributed by atoms with van der Waals surface area (Å²) in [6, 6.07) is 44.1. The number of rotatable bonds is 2. The molecular weight excluding hydrogens is 484 g/mol. The van der Waals surface area contributed by atoms with Crippen molar-refractivity contribution in [1.82, 2.24) is 9.97 Å². The zero-order valence-corrected chi connectivity index (χ0v) is 21.6. The molecule has 9 rings (SSSR count). The van der Waals surface area contributed by atoms with Gasteiger partial charge in [0.25, 0.3) is 0 Å². The molecule has 0 radical (unpaired) electrons. The molecule has 2 aromatic heterocycles. The lowest BCUT2D eigenvalue weighted by Gasteiger charge is -2.17. The zero-order valence-electron chi connectivity index (χ0n) is 21.6. The summed E-state index contributed by atoms with van der Waals surface area (Å²) in [5, 5.41) is 15.5. The first-order valence-electron chi connectivity index (χ1n) is 13.7. The van der Waals surface area contributed by atoms with Crippen molar-refractivity contribution in [2.75, 3.05) is 0 Å². The molecule has 0 amide bonds. The van der Waals surface area contributed by atoms with Crippen LogP contribution in [0.1, 0.15) is 0 Å². The third kappa shape index (κ3) is 2.99. The second-order valence-electron chi connectivity index (χ2n) is 10.6. The number of benzene rings is 6. The SMILES string of the molecule is c1ccc(-c2ccc(-c3cc4ccc5cccc6c7cccc8ccc9cccc(c(c3)c4c56)c9c87)cn2)nc1. The topological polar surface area (TPSA) is 25.8 Å². The third-order valence-corrected chi connectivity index (χ3v) is 8.45. The summed E-state index contributed by atoms with van der Waals surface area (Å²) in [6.45, 7) is 0. The van der Waals surface area contributed by atoms with Gasteiger partial charge in [0, 0.05) is 18.0 Å². The fourth-order valence-electron chi connectivity index (χ4n) is 6.68. The van der Waals surface area contributed by atoms with Crippen molar-refractivity contribution in [1.29, 1.82) is 0 Å². The first kappa shape index (κ1) is 21.6. The van der Waals surface area contributed by atoms with Gasteiger partial charge in [-0.25, -0.2) is 0 Å². The minimum absolute atomic E-state index is 0.878. The molecule has 9 aromatic rings. The Bertz CT molecular complexity index is 2400. The fraction of sp³-hybridized carbons (Fsp3) is 0. The van der Waals surface area contributed by atoms with E-state index in [0.29, 0.717) is 0 Å². The Morgan fingerprint density at radius 2 is 0.925 bits per heavy atom. The van der Waals surface area contributed by atoms with E-state index in [1.54, 1.807) is 0 Å². The van der Waals surface area contributed by atoms with Gasteiger partial charge in [-0.05, 0) is 101 Å². The van der Waals surface area contributed by atoms with Crippen LogP contribution in [0.25, 0.3) is 87.1 Å². The van der Waals surface area contributed by atoms with Crippen molar-refractivity contribution in [3.63, 3.8) is 0 Å². The molecule has 40 heavy (non-hydrogen) atoms. The van der Waals surface area contributed by atoms with Gasteiger partial charge in [-0.1, -0.05) is 91.0 Å². The van der Waals surface area contributed by atoms with Gasteiger partial charge >= 0.3 is 0 Å². The maximum absolute atomic E-state index is 4.79. The molecule has 0 fully saturated rings. The zero-order chi connectivity index (χ0) is 26.2. The summed E-state index contributed by atoms with van der Waals surface area (Å²) in [6.07, 6.45) is 3.78. The van der Waals surface area contributed by atoms with Gasteiger partial charge in [-0.2, -0.15) is 0 Å². The smallest absolute Gasteiger partial charge is 0.0886 e. The van der Waals surface area contributed by atoms with E-state index < -0.39 is 0 Å². The Hall–Kier alpha value is -5.34. The largest absolute Gasteiger partial charge is 0.255 e. The van der Waals surface area contributed by atoms with Crippen LogP contribution in [0, 0.1) is 0 Å². The summed E-state index contributed by atoms with van der Waals surface area (Å²) >= 11 is 0. The highest BCUT2D eigenvalue weighted by molar-refractivity contribution is 6.37. The summed E-state index contributed by atoms with van der Waals surface area (Å²) in [5.74, 6) is 0. The van der Waals surface area contributed by atoms with Crippen LogP contribution in [0.2, 0.25) is 0 Å². The number of nitrogens with zero attached hydrogens (tertiary/aromatic N) is 2. The molecule has 7 aromatic carbocycles. The normalized spacial score (nSPS) is 12.0. The third-order valence-electron chi connectivity index (χ3n) is 8.45. The average Bonchev–Trinajstić information content (AvgIpc) is 3.03. The quantitative estimate of drug-likeness (QED) is 0.218. The second kappa shape index (κ2) is 8.08. The van der Waals surface area contributed by atoms with Crippen LogP contribution >= 0.6 is 0 Å². The van der Waals surface area contributed by atoms with Crippen molar-refractivity contribution < 1.29 is 0 Å². The van der Waals surface area contributed by atoms with Crippen LogP contribution in [-0.2, 0) is 0 Å². The summed E-state index contributed by atoms with van der Waals surface area (Å²) in [7, 11) is 0. The lowest BCUT2D eigenvalue weighted by Crippen LogP contribution is -1.90. The predicted molar refractivity (Wildman–Crippen MR) is 169 cm³/mol. The molecule has 2 heteroatoms. The molecule has 0 unspecified atom stereocenters. The van der Waals surface area contributed by atoms with Crippen molar-refractivity contribution in [2.45, 2.75) is 0 Å². The molecule has 0 aliphatic rings. The van der Waals surface area contributed by atoms with Crippen LogP contribution in [0.4, 0.5) is 0 Å². The Balaban J connectivity index is 1.46. The lowest BCUT2D eigenvalue weighted by molar-refractivity contribution is 1.25. The van der Waals surface area contributed by atoms with Gasteiger partial charge in [0.05, 0.1) is 11.4 Å². The maximum atomic E-state index is 4.79. The van der Waals surface area contributed by atoms with Crippen LogP contribution in [0.3, 0.4) is 0 Å². The van der Waals surface area contributed by atoms with Crippen molar-refractivity contribution in [3.8, 4) is 22.5 Å². The molecular formula is C38H22N2. The lowest BCUT2D eigenvalue weighted by atomic mass is 9.86. The van der Waals surface area contributed by atoms with E-state index in [1.165, 1.54) is 64.6 Å². The first-order valence-corrected chi connectivity index (χ1v) is 13.7. The molecule has 184 valence electrons. The van der Waals surface area contributed by atoms with Gasteiger partial charge in [0.2, 0.25) is 0 Å². The molecule has 2 heterocycles. The Morgan fingerprint density at radius 3 is 1.50 bits per heavy atom. The molecule has 0 atom stereocenters. The number of hydrogen-bond acceptors (Lipinski definition) is 2. The number of hydrogen-bond donors (Lipinski definition) is 0. The van der Waals surface area contributed by atoms with Gasteiger partial charge in [0.15, 0.2) is 0 Å². The van der Waals surface area contributed by atoms with Crippen LogP contribution in [-0.4, -0.2) is 9.97 Å². The van der Waals surface area contributed by atoms with Crippen molar-refractivity contribution in [3.05, 3.63) is 134 Å². The molecule has 0 aliphatic heterocycles.